The molecule has 1 saturated carbocycles. The van der Waals surface area contributed by atoms with E-state index in [1.807, 2.05) is 0 Å². The van der Waals surface area contributed by atoms with Crippen molar-refractivity contribution in [3.63, 3.8) is 0 Å². The van der Waals surface area contributed by atoms with Crippen LogP contribution in [0.3, 0.4) is 0 Å². The molecule has 2 amide bonds. The van der Waals surface area contributed by atoms with Crippen molar-refractivity contribution in [1.29, 1.82) is 0 Å². The molecule has 1 saturated heterocycles. The molecule has 0 aromatic heterocycles. The Balaban J connectivity index is 1.71. The normalized spacial score (nSPS) is 19.3. The summed E-state index contributed by atoms with van der Waals surface area (Å²) in [6, 6.07) is 2.97. The van der Waals surface area contributed by atoms with Gasteiger partial charge in [-0.1, -0.05) is 0 Å². The van der Waals surface area contributed by atoms with Gasteiger partial charge in [0.1, 0.15) is 18.2 Å². The summed E-state index contributed by atoms with van der Waals surface area (Å²) >= 11 is 0. The molecule has 0 N–H and O–H groups in total. The standard InChI is InChI=1S/C19H22F2N2O4/c1-2-27-18(25)11-22(9-12-3-4-12)19(26)13-7-17(24)23(10-13)16-6-5-14(20)8-15(16)21/h5-6,8,12-13H,2-4,7,9-11H2,1H3. The molecule has 1 unspecified atom stereocenters. The third-order valence-electron chi connectivity index (χ3n) is 4.79. The van der Waals surface area contributed by atoms with Crippen molar-refractivity contribution in [2.24, 2.45) is 11.8 Å². The maximum Gasteiger partial charge on any atom is 0.325 e. The van der Waals surface area contributed by atoms with Gasteiger partial charge in [-0.05, 0) is 37.8 Å². The Labute approximate surface area is 156 Å². The molecule has 1 aliphatic carbocycles. The van der Waals surface area contributed by atoms with E-state index in [9.17, 15) is 23.2 Å². The van der Waals surface area contributed by atoms with Crippen LogP contribution in [0.15, 0.2) is 18.2 Å². The zero-order chi connectivity index (χ0) is 19.6. The van der Waals surface area contributed by atoms with Gasteiger partial charge in [0, 0.05) is 25.6 Å². The van der Waals surface area contributed by atoms with Crippen molar-refractivity contribution in [1.82, 2.24) is 4.90 Å². The van der Waals surface area contributed by atoms with Gasteiger partial charge in [-0.15, -0.1) is 0 Å². The highest BCUT2D eigenvalue weighted by molar-refractivity contribution is 6.00. The number of hydrogen-bond acceptors (Lipinski definition) is 4. The maximum absolute atomic E-state index is 14.0. The van der Waals surface area contributed by atoms with E-state index in [4.69, 9.17) is 4.74 Å². The first kappa shape index (κ1) is 19.3. The second kappa shape index (κ2) is 8.02. The molecule has 27 heavy (non-hydrogen) atoms. The van der Waals surface area contributed by atoms with Gasteiger partial charge in [-0.2, -0.15) is 0 Å². The van der Waals surface area contributed by atoms with Gasteiger partial charge in [-0.25, -0.2) is 8.78 Å². The van der Waals surface area contributed by atoms with E-state index in [-0.39, 0.29) is 37.7 Å². The monoisotopic (exact) mass is 380 g/mol. The molecule has 3 rings (SSSR count). The average molecular weight is 380 g/mol. The lowest BCUT2D eigenvalue weighted by Crippen LogP contribution is -2.42. The first-order valence-electron chi connectivity index (χ1n) is 9.08. The van der Waals surface area contributed by atoms with E-state index in [0.29, 0.717) is 18.5 Å². The summed E-state index contributed by atoms with van der Waals surface area (Å²) in [4.78, 5) is 39.6. The van der Waals surface area contributed by atoms with Crippen LogP contribution in [0.2, 0.25) is 0 Å². The van der Waals surface area contributed by atoms with E-state index in [1.54, 1.807) is 6.92 Å². The Bertz CT molecular complexity index is 751. The summed E-state index contributed by atoms with van der Waals surface area (Å²) in [5, 5.41) is 0. The Kier molecular flexibility index (Phi) is 5.72. The third kappa shape index (κ3) is 4.61. The van der Waals surface area contributed by atoms with Crippen molar-refractivity contribution in [3.05, 3.63) is 29.8 Å². The maximum atomic E-state index is 14.0. The first-order valence-corrected chi connectivity index (χ1v) is 9.08. The quantitative estimate of drug-likeness (QED) is 0.680. The van der Waals surface area contributed by atoms with Crippen molar-refractivity contribution in [3.8, 4) is 0 Å². The number of rotatable bonds is 7. The zero-order valence-corrected chi connectivity index (χ0v) is 15.1. The molecule has 1 atom stereocenters. The van der Waals surface area contributed by atoms with E-state index in [0.717, 1.165) is 23.8 Å². The summed E-state index contributed by atoms with van der Waals surface area (Å²) in [5.74, 6) is -3.09. The lowest BCUT2D eigenvalue weighted by molar-refractivity contribution is -0.150. The molecule has 0 bridgehead atoms. The number of benzene rings is 1. The number of hydrogen-bond donors (Lipinski definition) is 0. The number of esters is 1. The van der Waals surface area contributed by atoms with E-state index in [1.165, 1.54) is 11.0 Å². The molecular weight excluding hydrogens is 358 g/mol. The average Bonchev–Trinajstić information content (AvgIpc) is 3.34. The Morgan fingerprint density at radius 3 is 2.67 bits per heavy atom. The van der Waals surface area contributed by atoms with E-state index in [2.05, 4.69) is 0 Å². The fraction of sp³-hybridized carbons (Fsp3) is 0.526. The summed E-state index contributed by atoms with van der Waals surface area (Å²) in [5.41, 5.74) is -0.0455. The Morgan fingerprint density at radius 1 is 1.30 bits per heavy atom. The summed E-state index contributed by atoms with van der Waals surface area (Å²) < 4.78 is 32.0. The number of carbonyl (C=O) groups is 3. The minimum absolute atomic E-state index is 0.00418. The molecule has 1 heterocycles. The largest absolute Gasteiger partial charge is 0.465 e. The smallest absolute Gasteiger partial charge is 0.325 e. The van der Waals surface area contributed by atoms with Gasteiger partial charge in [0.15, 0.2) is 0 Å². The summed E-state index contributed by atoms with van der Waals surface area (Å²) in [6.45, 7) is 2.22. The van der Waals surface area contributed by atoms with Gasteiger partial charge in [0.05, 0.1) is 18.2 Å². The second-order valence-electron chi connectivity index (χ2n) is 6.97. The molecule has 6 nitrogen and oxygen atoms in total. The third-order valence-corrected chi connectivity index (χ3v) is 4.79. The van der Waals surface area contributed by atoms with Crippen molar-refractivity contribution < 1.29 is 27.9 Å². The fourth-order valence-corrected chi connectivity index (χ4v) is 3.27. The van der Waals surface area contributed by atoms with Gasteiger partial charge < -0.3 is 14.5 Å². The highest BCUT2D eigenvalue weighted by Crippen LogP contribution is 2.32. The number of amides is 2. The van der Waals surface area contributed by atoms with Crippen LogP contribution in [-0.2, 0) is 19.1 Å². The molecule has 2 fully saturated rings. The van der Waals surface area contributed by atoms with Crippen LogP contribution in [0.1, 0.15) is 26.2 Å². The van der Waals surface area contributed by atoms with Crippen molar-refractivity contribution in [2.45, 2.75) is 26.2 Å². The summed E-state index contributed by atoms with van der Waals surface area (Å²) in [7, 11) is 0. The molecule has 1 aromatic carbocycles. The van der Waals surface area contributed by atoms with Crippen LogP contribution in [0.25, 0.3) is 0 Å². The van der Waals surface area contributed by atoms with Crippen LogP contribution < -0.4 is 4.90 Å². The number of nitrogens with zero attached hydrogens (tertiary/aromatic N) is 2. The number of ether oxygens (including phenoxy) is 1. The molecule has 2 aliphatic rings. The molecule has 0 spiro atoms. The minimum Gasteiger partial charge on any atom is -0.465 e. The van der Waals surface area contributed by atoms with E-state index < -0.39 is 29.4 Å². The van der Waals surface area contributed by atoms with Crippen LogP contribution in [0.5, 0.6) is 0 Å². The second-order valence-corrected chi connectivity index (χ2v) is 6.97. The minimum atomic E-state index is -0.849. The molecule has 0 radical (unpaired) electrons. The highest BCUT2D eigenvalue weighted by Gasteiger charge is 2.39. The van der Waals surface area contributed by atoms with Crippen LogP contribution in [0, 0.1) is 23.5 Å². The lowest BCUT2D eigenvalue weighted by Gasteiger charge is -2.25. The Morgan fingerprint density at radius 2 is 2.04 bits per heavy atom. The van der Waals surface area contributed by atoms with Crippen LogP contribution in [0.4, 0.5) is 14.5 Å². The number of carbonyl (C=O) groups excluding carboxylic acids is 3. The summed E-state index contributed by atoms with van der Waals surface area (Å²) in [6.07, 6.45) is 1.94. The van der Waals surface area contributed by atoms with Gasteiger partial charge in [0.2, 0.25) is 11.8 Å². The molecule has 1 aliphatic heterocycles. The Hall–Kier alpha value is -2.51. The number of halogens is 2. The SMILES string of the molecule is CCOC(=O)CN(CC1CC1)C(=O)C1CC(=O)N(c2ccc(F)cc2F)C1. The van der Waals surface area contributed by atoms with Gasteiger partial charge in [0.25, 0.3) is 0 Å². The highest BCUT2D eigenvalue weighted by atomic mass is 19.1. The first-order chi connectivity index (χ1) is 12.9. The van der Waals surface area contributed by atoms with E-state index >= 15 is 0 Å². The van der Waals surface area contributed by atoms with Gasteiger partial charge in [-0.3, -0.25) is 14.4 Å². The molecule has 146 valence electrons. The van der Waals surface area contributed by atoms with Gasteiger partial charge >= 0.3 is 5.97 Å². The molecular formula is C19H22F2N2O4. The predicted molar refractivity (Wildman–Crippen MR) is 92.8 cm³/mol. The lowest BCUT2D eigenvalue weighted by atomic mass is 10.1. The topological polar surface area (TPSA) is 66.9 Å². The fourth-order valence-electron chi connectivity index (χ4n) is 3.27. The number of anilines is 1. The van der Waals surface area contributed by atoms with Crippen LogP contribution >= 0.6 is 0 Å². The molecule has 8 heteroatoms. The zero-order valence-electron chi connectivity index (χ0n) is 15.1. The van der Waals surface area contributed by atoms with Crippen molar-refractivity contribution >= 4 is 23.5 Å². The van der Waals surface area contributed by atoms with Crippen molar-refractivity contribution in [2.75, 3.05) is 31.1 Å². The van der Waals surface area contributed by atoms with Crippen LogP contribution in [-0.4, -0.2) is 48.9 Å². The molecule has 1 aromatic rings. The predicted octanol–water partition coefficient (Wildman–Crippen LogP) is 2.12.